The number of aromatic nitrogens is 6. The van der Waals surface area contributed by atoms with E-state index >= 15 is 0 Å². The van der Waals surface area contributed by atoms with Crippen LogP contribution < -0.4 is 20.1 Å². The highest BCUT2D eigenvalue weighted by atomic mass is 35.5. The van der Waals surface area contributed by atoms with Gasteiger partial charge in [-0.1, -0.05) is 59.6 Å². The van der Waals surface area contributed by atoms with Crippen molar-refractivity contribution < 1.29 is 14.3 Å². The number of rotatable bonds is 14. The normalized spacial score (nSPS) is 14.2. The molecule has 6 rings (SSSR count). The molecule has 48 heavy (non-hydrogen) atoms. The number of aryl methyl sites for hydroxylation is 1. The van der Waals surface area contributed by atoms with Gasteiger partial charge in [0.15, 0.2) is 0 Å². The van der Waals surface area contributed by atoms with E-state index < -0.39 is 0 Å². The van der Waals surface area contributed by atoms with Crippen molar-refractivity contribution in [2.45, 2.75) is 51.1 Å². The molecule has 0 radical (unpaired) electrons. The maximum Gasteiger partial charge on any atom is 0.237 e. The van der Waals surface area contributed by atoms with Gasteiger partial charge in [-0.05, 0) is 44.2 Å². The minimum Gasteiger partial charge on any atom is -0.480 e. The molecule has 13 heteroatoms. The topological polar surface area (TPSA) is 140 Å². The second-order valence-electron chi connectivity index (χ2n) is 11.5. The van der Waals surface area contributed by atoms with Crippen LogP contribution in [0.4, 0.5) is 0 Å². The highest BCUT2D eigenvalue weighted by Gasteiger charge is 2.22. The zero-order chi connectivity index (χ0) is 33.5. The molecule has 1 aliphatic heterocycles. The smallest absolute Gasteiger partial charge is 0.237 e. The van der Waals surface area contributed by atoms with Gasteiger partial charge in [-0.3, -0.25) is 19.9 Å². The first-order valence-electron chi connectivity index (χ1n) is 15.8. The van der Waals surface area contributed by atoms with Crippen LogP contribution >= 0.6 is 23.2 Å². The Morgan fingerprint density at radius 1 is 0.854 bits per heavy atom. The molecular weight excluding hydrogens is 651 g/mol. The van der Waals surface area contributed by atoms with Gasteiger partial charge in [0.2, 0.25) is 17.7 Å². The largest absolute Gasteiger partial charge is 0.480 e. The summed E-state index contributed by atoms with van der Waals surface area (Å²) in [6.07, 6.45) is 11.9. The first-order chi connectivity index (χ1) is 23.4. The van der Waals surface area contributed by atoms with Crippen LogP contribution in [-0.4, -0.2) is 62.8 Å². The van der Waals surface area contributed by atoms with Crippen LogP contribution in [0.3, 0.4) is 0 Å². The zero-order valence-corrected chi connectivity index (χ0v) is 28.2. The number of methoxy groups -OCH3 is 2. The molecule has 1 fully saturated rings. The van der Waals surface area contributed by atoms with Crippen molar-refractivity contribution in [2.75, 3.05) is 20.8 Å². The molecule has 5 aromatic rings. The summed E-state index contributed by atoms with van der Waals surface area (Å²) in [6, 6.07) is 11.7. The molecule has 0 saturated carbocycles. The third kappa shape index (κ3) is 7.59. The van der Waals surface area contributed by atoms with Crippen molar-refractivity contribution in [2.24, 2.45) is 0 Å². The van der Waals surface area contributed by atoms with E-state index in [-0.39, 0.29) is 11.9 Å². The van der Waals surface area contributed by atoms with Crippen molar-refractivity contribution in [3.8, 4) is 45.4 Å². The Bertz CT molecular complexity index is 1890. The number of hydrogen-bond acceptors (Lipinski definition) is 9. The van der Waals surface area contributed by atoms with E-state index in [1.807, 2.05) is 48.8 Å². The van der Waals surface area contributed by atoms with Gasteiger partial charge in [-0.15, -0.1) is 0 Å². The van der Waals surface area contributed by atoms with Gasteiger partial charge in [-0.2, -0.15) is 5.10 Å². The fraction of sp³-hybridized carbons (Fsp3) is 0.314. The first-order valence-corrected chi connectivity index (χ1v) is 16.6. The second-order valence-corrected chi connectivity index (χ2v) is 12.2. The lowest BCUT2D eigenvalue weighted by molar-refractivity contribution is -0.119. The number of carbonyl (C=O) groups is 1. The highest BCUT2D eigenvalue weighted by molar-refractivity contribution is 6.39. The minimum atomic E-state index is 0.124. The predicted octanol–water partition coefficient (Wildman–Crippen LogP) is 6.25. The summed E-state index contributed by atoms with van der Waals surface area (Å²) in [6.45, 7) is 1.25. The van der Waals surface area contributed by atoms with E-state index in [2.05, 4.69) is 30.8 Å². The molecule has 3 aromatic heterocycles. The summed E-state index contributed by atoms with van der Waals surface area (Å²) in [5.74, 6) is 0.998. The summed E-state index contributed by atoms with van der Waals surface area (Å²) in [7, 11) is 3.16. The molecule has 0 unspecified atom stereocenters. The van der Waals surface area contributed by atoms with Gasteiger partial charge in [0.1, 0.15) is 11.4 Å². The van der Waals surface area contributed by atoms with E-state index in [9.17, 15) is 4.79 Å². The molecule has 0 aliphatic carbocycles. The summed E-state index contributed by atoms with van der Waals surface area (Å²) in [5, 5.41) is 14.2. The van der Waals surface area contributed by atoms with E-state index in [0.717, 1.165) is 54.6 Å². The first kappa shape index (κ1) is 33.3. The van der Waals surface area contributed by atoms with Crippen LogP contribution in [0.2, 0.25) is 10.0 Å². The van der Waals surface area contributed by atoms with Crippen molar-refractivity contribution in [1.29, 1.82) is 0 Å². The molecule has 0 bridgehead atoms. The van der Waals surface area contributed by atoms with Crippen LogP contribution in [0.5, 0.6) is 11.8 Å². The number of carbonyl (C=O) groups excluding carboxylic acids is 1. The number of aromatic amines is 1. The number of amides is 1. The molecule has 4 heterocycles. The lowest BCUT2D eigenvalue weighted by Crippen LogP contribution is -2.25. The van der Waals surface area contributed by atoms with Crippen LogP contribution in [-0.2, 0) is 24.2 Å². The standard InChI is InChI=1S/C35H36Cl2N8O3/c1-47-34-27(11-3-6-22-12-13-31(46)43-22)39-19-28(44-34)25-9-4-7-23(32(25)36)24-8-5-10-26(33(24)37)29-20-40-30(35(45-29)48-2)18-38-15-14-21-16-41-42-17-21/h4-5,7-10,16-17,19-20,22,38H,3,6,11-15,18H2,1-2H3,(H,41,42)(H,43,46)/t22-/m1/s1. The zero-order valence-electron chi connectivity index (χ0n) is 26.7. The lowest BCUT2D eigenvalue weighted by Gasteiger charge is -2.15. The molecule has 11 nitrogen and oxygen atoms in total. The average molecular weight is 688 g/mol. The Balaban J connectivity index is 1.20. The third-order valence-electron chi connectivity index (χ3n) is 8.34. The Labute approximate surface area is 288 Å². The van der Waals surface area contributed by atoms with Gasteiger partial charge in [0.05, 0.1) is 54.2 Å². The van der Waals surface area contributed by atoms with Gasteiger partial charge < -0.3 is 20.1 Å². The van der Waals surface area contributed by atoms with Crippen molar-refractivity contribution in [3.63, 3.8) is 0 Å². The van der Waals surface area contributed by atoms with Gasteiger partial charge in [-0.25, -0.2) is 9.97 Å². The van der Waals surface area contributed by atoms with Crippen LogP contribution in [0.25, 0.3) is 33.6 Å². The Kier molecular flexibility index (Phi) is 10.8. The molecule has 1 aliphatic rings. The summed E-state index contributed by atoms with van der Waals surface area (Å²) < 4.78 is 11.2. The predicted molar refractivity (Wildman–Crippen MR) is 185 cm³/mol. The number of hydrogen-bond donors (Lipinski definition) is 3. The number of halogens is 2. The molecule has 1 amide bonds. The maximum absolute atomic E-state index is 11.5. The average Bonchev–Trinajstić information content (AvgIpc) is 3.79. The van der Waals surface area contributed by atoms with Crippen molar-refractivity contribution >= 4 is 29.1 Å². The van der Waals surface area contributed by atoms with E-state index in [4.69, 9.17) is 42.6 Å². The van der Waals surface area contributed by atoms with Crippen LogP contribution in [0, 0.1) is 0 Å². The van der Waals surface area contributed by atoms with Crippen molar-refractivity contribution in [3.05, 3.63) is 88.2 Å². The molecular formula is C35H36Cl2N8O3. The fourth-order valence-electron chi connectivity index (χ4n) is 5.81. The molecule has 0 spiro atoms. The number of nitrogens with one attached hydrogen (secondary N) is 3. The van der Waals surface area contributed by atoms with E-state index in [0.29, 0.717) is 69.4 Å². The van der Waals surface area contributed by atoms with Gasteiger partial charge >= 0.3 is 0 Å². The monoisotopic (exact) mass is 686 g/mol. The quantitative estimate of drug-likeness (QED) is 0.116. The molecule has 1 atom stereocenters. The number of ether oxygens (including phenoxy) is 2. The molecule has 1 saturated heterocycles. The van der Waals surface area contributed by atoms with Crippen LogP contribution in [0.1, 0.15) is 42.6 Å². The molecule has 3 N–H and O–H groups in total. The summed E-state index contributed by atoms with van der Waals surface area (Å²) in [4.78, 5) is 30.3. The Morgan fingerprint density at radius 2 is 1.48 bits per heavy atom. The SMILES string of the molecule is COc1nc(-c2cccc(-c3cccc(-c4cnc(CNCCc5cn[nH]c5)c(OC)n4)c3Cl)c2Cl)cnc1CCC[C@@H]1CCC(=O)N1. The Hall–Kier alpha value is -4.58. The number of nitrogens with zero attached hydrogens (tertiary/aromatic N) is 5. The summed E-state index contributed by atoms with van der Waals surface area (Å²) >= 11 is 14.1. The van der Waals surface area contributed by atoms with Gasteiger partial charge in [0, 0.05) is 47.5 Å². The molecule has 248 valence electrons. The molecule has 2 aromatic carbocycles. The summed E-state index contributed by atoms with van der Waals surface area (Å²) in [5.41, 5.74) is 6.63. The van der Waals surface area contributed by atoms with Crippen LogP contribution in [0.15, 0.2) is 61.2 Å². The second kappa shape index (κ2) is 15.5. The Morgan fingerprint density at radius 3 is 2.06 bits per heavy atom. The van der Waals surface area contributed by atoms with Crippen molar-refractivity contribution in [1.82, 2.24) is 40.8 Å². The number of benzene rings is 2. The van der Waals surface area contributed by atoms with E-state index in [1.54, 1.807) is 26.6 Å². The maximum atomic E-state index is 11.5. The third-order valence-corrected chi connectivity index (χ3v) is 9.15. The van der Waals surface area contributed by atoms with E-state index in [1.165, 1.54) is 0 Å². The number of H-pyrrole nitrogens is 1. The lowest BCUT2D eigenvalue weighted by atomic mass is 9.98. The fourth-order valence-corrected chi connectivity index (χ4v) is 6.46. The highest BCUT2D eigenvalue weighted by Crippen LogP contribution is 2.42. The minimum absolute atomic E-state index is 0.124. The van der Waals surface area contributed by atoms with Gasteiger partial charge in [0.25, 0.3) is 0 Å².